The molecular weight excluding hydrogens is 618 g/mol. The van der Waals surface area contributed by atoms with Crippen LogP contribution in [0, 0.1) is 0 Å². The number of thiophene rings is 1. The Kier molecular flexibility index (Phi) is 15.9. The van der Waals surface area contributed by atoms with Crippen LogP contribution < -0.4 is 109 Å². The molecule has 0 saturated carbocycles. The van der Waals surface area contributed by atoms with Crippen molar-refractivity contribution in [1.29, 1.82) is 0 Å². The molecule has 0 aromatic carbocycles. The predicted octanol–water partition coefficient (Wildman–Crippen LogP) is -11.2. The van der Waals surface area contributed by atoms with Crippen LogP contribution in [-0.4, -0.2) is 54.5 Å². The van der Waals surface area contributed by atoms with Gasteiger partial charge >= 0.3 is 110 Å². The fraction of sp³-hybridized carbons (Fsp3) is 0.385. The van der Waals surface area contributed by atoms with Crippen molar-refractivity contribution in [1.82, 2.24) is 9.55 Å². The van der Waals surface area contributed by atoms with E-state index in [-0.39, 0.29) is 94.2 Å². The van der Waals surface area contributed by atoms with Crippen LogP contribution in [0.4, 0.5) is 0 Å². The summed E-state index contributed by atoms with van der Waals surface area (Å²) >= 11 is 1.16. The molecule has 1 aliphatic rings. The normalized spacial score (nSPS) is 24.6. The number of hydrogen-bond acceptors (Lipinski definition) is 15. The molecule has 37 heavy (non-hydrogen) atoms. The minimum atomic E-state index is -6.09. The van der Waals surface area contributed by atoms with Gasteiger partial charge in [0.25, 0.3) is 0 Å². The van der Waals surface area contributed by atoms with Gasteiger partial charge in [0.2, 0.25) is 0 Å². The molecule has 3 rings (SSSR count). The number of phosphoric acid groups is 3. The van der Waals surface area contributed by atoms with Crippen LogP contribution in [-0.2, 0) is 31.6 Å². The van der Waals surface area contributed by atoms with E-state index in [1.807, 2.05) is 0 Å². The summed E-state index contributed by atoms with van der Waals surface area (Å²) in [5.41, 5.74) is -1.15. The van der Waals surface area contributed by atoms with Crippen molar-refractivity contribution in [3.63, 3.8) is 0 Å². The second-order valence-corrected chi connectivity index (χ2v) is 11.8. The van der Waals surface area contributed by atoms with E-state index in [0.717, 1.165) is 17.5 Å². The van der Waals surface area contributed by atoms with E-state index in [0.29, 0.717) is 9.44 Å². The molecular formula is C13H14N2Na3O15P3S. The molecule has 0 aliphatic carbocycles. The average molecular weight is 632 g/mol. The molecule has 6 atom stereocenters. The Labute approximate surface area is 278 Å². The smallest absolute Gasteiger partial charge is 0.858 e. The van der Waals surface area contributed by atoms with Crippen LogP contribution in [0.2, 0.25) is 0 Å². The third kappa shape index (κ3) is 10.8. The molecule has 4 N–H and O–H groups in total. The van der Waals surface area contributed by atoms with Crippen LogP contribution in [0.25, 0.3) is 10.4 Å². The van der Waals surface area contributed by atoms with Crippen molar-refractivity contribution in [2.45, 2.75) is 24.5 Å². The fourth-order valence-corrected chi connectivity index (χ4v) is 6.49. The summed E-state index contributed by atoms with van der Waals surface area (Å²) in [6.45, 7) is -1.10. The van der Waals surface area contributed by atoms with E-state index in [4.69, 9.17) is 9.63 Å². The van der Waals surface area contributed by atoms with Crippen molar-refractivity contribution in [3.8, 4) is 16.3 Å². The number of aromatic nitrogens is 2. The van der Waals surface area contributed by atoms with E-state index < -0.39 is 66.2 Å². The Morgan fingerprint density at radius 3 is 2.24 bits per heavy atom. The molecule has 2 aromatic rings. The van der Waals surface area contributed by atoms with Gasteiger partial charge in [-0.2, -0.15) is 4.31 Å². The Balaban J connectivity index is 0.00000432. The second-order valence-electron chi connectivity index (χ2n) is 6.52. The zero-order valence-electron chi connectivity index (χ0n) is 19.2. The summed E-state index contributed by atoms with van der Waals surface area (Å²) in [4.78, 5) is 55.3. The molecule has 2 unspecified atom stereocenters. The molecule has 0 amide bonds. The predicted molar refractivity (Wildman–Crippen MR) is 103 cm³/mol. The summed E-state index contributed by atoms with van der Waals surface area (Å²) < 4.78 is 50.6. The maximum atomic E-state index is 12.2. The molecule has 1 saturated heterocycles. The second kappa shape index (κ2) is 15.2. The zero-order valence-corrected chi connectivity index (χ0v) is 28.7. The van der Waals surface area contributed by atoms with Crippen molar-refractivity contribution >= 4 is 34.8 Å². The number of aliphatic hydroxyl groups excluding tert-OH is 2. The minimum absolute atomic E-state index is 0. The van der Waals surface area contributed by atoms with E-state index in [1.165, 1.54) is 0 Å². The Bertz CT molecular complexity index is 1240. The average Bonchev–Trinajstić information content (AvgIpc) is 3.28. The van der Waals surface area contributed by atoms with Crippen LogP contribution in [0.3, 0.4) is 0 Å². The monoisotopic (exact) mass is 632 g/mol. The topological polar surface area (TPSA) is 273 Å². The van der Waals surface area contributed by atoms with Gasteiger partial charge in [0.05, 0.1) is 14.4 Å². The van der Waals surface area contributed by atoms with Crippen molar-refractivity contribution in [2.75, 3.05) is 6.61 Å². The van der Waals surface area contributed by atoms with Gasteiger partial charge in [-0.15, -0.1) is 11.3 Å². The summed E-state index contributed by atoms with van der Waals surface area (Å²) in [6, 6.07) is 3.20. The molecule has 17 nitrogen and oxygen atoms in total. The number of ether oxygens (including phenoxy) is 1. The molecule has 0 spiro atoms. The van der Waals surface area contributed by atoms with Gasteiger partial charge in [-0.3, -0.25) is 13.4 Å². The SMILES string of the molecule is O=c1nc([O-])c(-c2cccs2)cn1[C@@H]1O[C@H](COP(=O)(O)OP(=O)(O)OP(=O)([O-])[O-])[C@@H](O)[C@@H]1O.[Na+].[Na+].[Na+]. The fourth-order valence-electron chi connectivity index (χ4n) is 2.80. The first kappa shape index (κ1) is 38.7. The summed E-state index contributed by atoms with van der Waals surface area (Å²) in [7, 11) is -17.6. The molecule has 3 heterocycles. The van der Waals surface area contributed by atoms with E-state index in [2.05, 4.69) is 18.1 Å². The first-order chi connectivity index (χ1) is 15.6. The van der Waals surface area contributed by atoms with Gasteiger partial charge in [-0.1, -0.05) is 6.07 Å². The van der Waals surface area contributed by atoms with Gasteiger partial charge < -0.3 is 44.2 Å². The van der Waals surface area contributed by atoms with Crippen LogP contribution in [0.5, 0.6) is 5.88 Å². The number of phosphoric ester groups is 1. The van der Waals surface area contributed by atoms with Gasteiger partial charge in [0, 0.05) is 22.5 Å². The van der Waals surface area contributed by atoms with Crippen molar-refractivity contribution in [3.05, 3.63) is 34.2 Å². The van der Waals surface area contributed by atoms with Gasteiger partial charge in [-0.25, -0.2) is 18.9 Å². The van der Waals surface area contributed by atoms with Crippen LogP contribution in [0.1, 0.15) is 6.23 Å². The Morgan fingerprint density at radius 2 is 1.70 bits per heavy atom. The van der Waals surface area contributed by atoms with Gasteiger partial charge in [-0.05, 0) is 11.4 Å². The van der Waals surface area contributed by atoms with E-state index in [9.17, 15) is 48.5 Å². The molecule has 190 valence electrons. The van der Waals surface area contributed by atoms with Gasteiger partial charge in [0.1, 0.15) is 18.3 Å². The molecule has 0 bridgehead atoms. The quantitative estimate of drug-likeness (QED) is 0.148. The molecule has 1 aliphatic heterocycles. The maximum Gasteiger partial charge on any atom is 1.00 e. The van der Waals surface area contributed by atoms with E-state index >= 15 is 0 Å². The summed E-state index contributed by atoms with van der Waals surface area (Å²) in [6.07, 6.45) is -5.93. The maximum absolute atomic E-state index is 12.2. The molecule has 0 radical (unpaired) electrons. The number of rotatable bonds is 9. The third-order valence-electron chi connectivity index (χ3n) is 4.13. The standard InChI is InChI=1S/C13H17N2O15P3S.3Na/c16-9-7(5-27-32(23,24)30-33(25,26)29-31(20,21)22)28-12(10(9)17)15-4-6(8-2-1-3-34-8)11(18)14-13(15)19;;;/h1-4,7,9-10,12,16-17H,5H2,(H,23,24)(H,25,26)(H,14,18,19)(H2,20,21,22);;;/q;3*+1/p-3/t7-,9-,10+,12-;;;/m1.../s1. The Hall–Kier alpha value is 1.67. The molecule has 1 fully saturated rings. The summed E-state index contributed by atoms with van der Waals surface area (Å²) in [5.74, 6) is -0.855. The first-order valence-electron chi connectivity index (χ1n) is 8.69. The van der Waals surface area contributed by atoms with Crippen LogP contribution >= 0.6 is 34.8 Å². The number of aliphatic hydroxyl groups is 2. The van der Waals surface area contributed by atoms with Crippen LogP contribution in [0.15, 0.2) is 28.5 Å². The molecule has 2 aromatic heterocycles. The summed E-state index contributed by atoms with van der Waals surface area (Å²) in [5, 5.41) is 34.1. The minimum Gasteiger partial charge on any atom is -0.858 e. The first-order valence-corrected chi connectivity index (χ1v) is 14.0. The number of hydrogen-bond donors (Lipinski definition) is 4. The van der Waals surface area contributed by atoms with E-state index in [1.54, 1.807) is 17.5 Å². The zero-order chi connectivity index (χ0) is 25.5. The Morgan fingerprint density at radius 1 is 1.08 bits per heavy atom. The van der Waals surface area contributed by atoms with Crippen molar-refractivity contribution in [2.24, 2.45) is 0 Å². The largest absolute Gasteiger partial charge is 1.00 e. The van der Waals surface area contributed by atoms with Crippen molar-refractivity contribution < 1.29 is 155 Å². The van der Waals surface area contributed by atoms with Gasteiger partial charge in [0.15, 0.2) is 6.23 Å². The third-order valence-corrected chi connectivity index (χ3v) is 8.78. The molecule has 24 heteroatoms. The number of nitrogens with zero attached hydrogens (tertiary/aromatic N) is 2.